The Bertz CT molecular complexity index is 981. The van der Waals surface area contributed by atoms with Crippen molar-refractivity contribution >= 4 is 11.9 Å². The summed E-state index contributed by atoms with van der Waals surface area (Å²) in [6.07, 6.45) is 1.52. The molecule has 1 aliphatic heterocycles. The Morgan fingerprint density at radius 3 is 2.76 bits per heavy atom. The molecule has 1 aliphatic rings. The molecule has 0 aliphatic carbocycles. The Labute approximate surface area is 193 Å². The summed E-state index contributed by atoms with van der Waals surface area (Å²) in [6, 6.07) is 10.3. The number of hydrogen-bond acceptors (Lipinski definition) is 6. The molecule has 1 saturated heterocycles. The Kier molecular flexibility index (Phi) is 8.65. The number of piperidine rings is 1. The average molecular weight is 459 g/mol. The van der Waals surface area contributed by atoms with Crippen LogP contribution in [0.1, 0.15) is 47.2 Å². The van der Waals surface area contributed by atoms with Crippen molar-refractivity contribution in [1.29, 1.82) is 0 Å². The number of amides is 1. The molecular formula is C25H31FN2O5. The molecule has 33 heavy (non-hydrogen) atoms. The summed E-state index contributed by atoms with van der Waals surface area (Å²) < 4.78 is 30.5. The van der Waals surface area contributed by atoms with Gasteiger partial charge in [0.15, 0.2) is 0 Å². The van der Waals surface area contributed by atoms with Gasteiger partial charge >= 0.3 is 5.97 Å². The number of methoxy groups -OCH3 is 2. The monoisotopic (exact) mass is 458 g/mol. The largest absolute Gasteiger partial charge is 0.497 e. The molecule has 178 valence electrons. The van der Waals surface area contributed by atoms with Crippen LogP contribution in [0, 0.1) is 5.82 Å². The summed E-state index contributed by atoms with van der Waals surface area (Å²) in [6.45, 7) is 4.11. The van der Waals surface area contributed by atoms with Crippen LogP contribution < -0.4 is 14.8 Å². The number of carbonyl (C=O) groups excluding carboxylic acids is 2. The van der Waals surface area contributed by atoms with Crippen LogP contribution in [0.25, 0.3) is 0 Å². The SMILES string of the molecule is CCOc1cc(OC)ccc1CNCC(=O)N1CCCC(c2cccc(C(=O)OC)c2F)C1. The van der Waals surface area contributed by atoms with Crippen molar-refractivity contribution in [3.05, 3.63) is 58.9 Å². The quantitative estimate of drug-likeness (QED) is 0.580. The van der Waals surface area contributed by atoms with Crippen LogP contribution in [0.4, 0.5) is 4.39 Å². The van der Waals surface area contributed by atoms with Crippen LogP contribution in [0.3, 0.4) is 0 Å². The number of ether oxygens (including phenoxy) is 3. The summed E-state index contributed by atoms with van der Waals surface area (Å²) in [5, 5.41) is 3.19. The molecule has 7 nitrogen and oxygen atoms in total. The molecule has 1 N–H and O–H groups in total. The minimum Gasteiger partial charge on any atom is -0.497 e. The van der Waals surface area contributed by atoms with Crippen molar-refractivity contribution in [3.63, 3.8) is 0 Å². The maximum absolute atomic E-state index is 14.9. The second-order valence-electron chi connectivity index (χ2n) is 7.89. The van der Waals surface area contributed by atoms with Gasteiger partial charge < -0.3 is 24.4 Å². The fourth-order valence-electron chi connectivity index (χ4n) is 4.10. The smallest absolute Gasteiger partial charge is 0.340 e. The zero-order valence-electron chi connectivity index (χ0n) is 19.4. The van der Waals surface area contributed by atoms with Gasteiger partial charge in [-0.25, -0.2) is 9.18 Å². The van der Waals surface area contributed by atoms with Gasteiger partial charge in [-0.15, -0.1) is 0 Å². The molecule has 1 fully saturated rings. The van der Waals surface area contributed by atoms with E-state index in [1.54, 1.807) is 24.1 Å². The maximum atomic E-state index is 14.9. The van der Waals surface area contributed by atoms with Gasteiger partial charge in [0.05, 0.1) is 32.9 Å². The number of nitrogens with zero attached hydrogens (tertiary/aromatic N) is 1. The van der Waals surface area contributed by atoms with Gasteiger partial charge in [-0.2, -0.15) is 0 Å². The van der Waals surface area contributed by atoms with E-state index < -0.39 is 11.8 Å². The number of esters is 1. The molecule has 1 amide bonds. The van der Waals surface area contributed by atoms with Crippen LogP contribution in [0.5, 0.6) is 11.5 Å². The van der Waals surface area contributed by atoms with Crippen molar-refractivity contribution in [1.82, 2.24) is 10.2 Å². The van der Waals surface area contributed by atoms with Crippen LogP contribution in [-0.2, 0) is 16.1 Å². The van der Waals surface area contributed by atoms with E-state index in [0.29, 0.717) is 37.6 Å². The number of hydrogen-bond donors (Lipinski definition) is 1. The van der Waals surface area contributed by atoms with E-state index in [9.17, 15) is 14.0 Å². The highest BCUT2D eigenvalue weighted by atomic mass is 19.1. The third-order valence-corrected chi connectivity index (χ3v) is 5.81. The Balaban J connectivity index is 1.60. The molecule has 0 spiro atoms. The highest BCUT2D eigenvalue weighted by Crippen LogP contribution is 2.30. The normalized spacial score (nSPS) is 15.8. The number of carbonyl (C=O) groups is 2. The molecule has 1 unspecified atom stereocenters. The number of rotatable bonds is 9. The minimum absolute atomic E-state index is 0.0456. The third-order valence-electron chi connectivity index (χ3n) is 5.81. The summed E-state index contributed by atoms with van der Waals surface area (Å²) in [4.78, 5) is 26.4. The molecule has 1 atom stereocenters. The van der Waals surface area contributed by atoms with Crippen LogP contribution in [0.15, 0.2) is 36.4 Å². The predicted molar refractivity (Wildman–Crippen MR) is 122 cm³/mol. The zero-order valence-corrected chi connectivity index (χ0v) is 19.4. The first kappa shape index (κ1) is 24.5. The molecule has 0 bridgehead atoms. The Morgan fingerprint density at radius 2 is 2.03 bits per heavy atom. The molecule has 0 aromatic heterocycles. The fraction of sp³-hybridized carbons (Fsp3) is 0.440. The van der Waals surface area contributed by atoms with Gasteiger partial charge in [0.2, 0.25) is 5.91 Å². The summed E-state index contributed by atoms with van der Waals surface area (Å²) >= 11 is 0. The van der Waals surface area contributed by atoms with Gasteiger partial charge in [0.25, 0.3) is 0 Å². The second kappa shape index (κ2) is 11.7. The van der Waals surface area contributed by atoms with E-state index in [1.165, 1.54) is 13.2 Å². The van der Waals surface area contributed by atoms with Crippen molar-refractivity contribution in [3.8, 4) is 11.5 Å². The van der Waals surface area contributed by atoms with E-state index in [0.717, 1.165) is 24.2 Å². The minimum atomic E-state index is -0.702. The topological polar surface area (TPSA) is 77.1 Å². The first-order chi connectivity index (χ1) is 16.0. The predicted octanol–water partition coefficient (Wildman–Crippen LogP) is 3.52. The lowest BCUT2D eigenvalue weighted by molar-refractivity contribution is -0.131. The number of nitrogens with one attached hydrogen (secondary N) is 1. The van der Waals surface area contributed by atoms with Gasteiger partial charge in [-0.1, -0.05) is 18.2 Å². The average Bonchev–Trinajstić information content (AvgIpc) is 2.84. The highest BCUT2D eigenvalue weighted by molar-refractivity contribution is 5.89. The van der Waals surface area contributed by atoms with Crippen LogP contribution >= 0.6 is 0 Å². The molecular weight excluding hydrogens is 427 g/mol. The first-order valence-corrected chi connectivity index (χ1v) is 11.1. The fourth-order valence-corrected chi connectivity index (χ4v) is 4.10. The Hall–Kier alpha value is -3.13. The first-order valence-electron chi connectivity index (χ1n) is 11.1. The van der Waals surface area contributed by atoms with E-state index in [2.05, 4.69) is 10.1 Å². The van der Waals surface area contributed by atoms with E-state index in [4.69, 9.17) is 9.47 Å². The van der Waals surface area contributed by atoms with Gasteiger partial charge in [0.1, 0.15) is 17.3 Å². The lowest BCUT2D eigenvalue weighted by atomic mass is 9.89. The zero-order chi connectivity index (χ0) is 23.8. The molecule has 2 aromatic carbocycles. The van der Waals surface area contributed by atoms with Gasteiger partial charge in [0, 0.05) is 37.2 Å². The van der Waals surface area contributed by atoms with Gasteiger partial charge in [-0.05, 0) is 37.5 Å². The Morgan fingerprint density at radius 1 is 1.21 bits per heavy atom. The molecule has 8 heteroatoms. The highest BCUT2D eigenvalue weighted by Gasteiger charge is 2.28. The number of benzene rings is 2. The van der Waals surface area contributed by atoms with E-state index in [-0.39, 0.29) is 23.9 Å². The summed E-state index contributed by atoms with van der Waals surface area (Å²) in [5.74, 6) is -0.0527. The number of likely N-dealkylation sites (tertiary alicyclic amines) is 1. The molecule has 2 aromatic rings. The van der Waals surface area contributed by atoms with Crippen molar-refractivity contribution in [2.24, 2.45) is 0 Å². The molecule has 0 radical (unpaired) electrons. The maximum Gasteiger partial charge on any atom is 0.340 e. The van der Waals surface area contributed by atoms with Gasteiger partial charge in [-0.3, -0.25) is 4.79 Å². The number of halogens is 1. The lowest BCUT2D eigenvalue weighted by Crippen LogP contribution is -2.43. The van der Waals surface area contributed by atoms with Crippen LogP contribution in [-0.4, -0.2) is 57.2 Å². The van der Waals surface area contributed by atoms with E-state index >= 15 is 0 Å². The van der Waals surface area contributed by atoms with Crippen molar-refractivity contribution in [2.45, 2.75) is 32.2 Å². The summed E-state index contributed by atoms with van der Waals surface area (Å²) in [7, 11) is 2.83. The lowest BCUT2D eigenvalue weighted by Gasteiger charge is -2.33. The standard InChI is InChI=1S/C25H31FN2O5/c1-4-33-22-13-19(31-2)11-10-17(22)14-27-15-23(29)28-12-6-7-18(16-28)20-8-5-9-21(24(20)26)25(30)32-3/h5,8-11,13,18,27H,4,6-7,12,14-16H2,1-3H3. The van der Waals surface area contributed by atoms with Crippen molar-refractivity contribution < 1.29 is 28.2 Å². The van der Waals surface area contributed by atoms with Crippen LogP contribution in [0.2, 0.25) is 0 Å². The molecule has 1 heterocycles. The molecule has 0 saturated carbocycles. The second-order valence-corrected chi connectivity index (χ2v) is 7.89. The molecule has 3 rings (SSSR count). The summed E-state index contributed by atoms with van der Waals surface area (Å²) in [5.41, 5.74) is 1.30. The third kappa shape index (κ3) is 6.01. The van der Waals surface area contributed by atoms with E-state index in [1.807, 2.05) is 25.1 Å². The van der Waals surface area contributed by atoms with Crippen molar-refractivity contribution in [2.75, 3.05) is 40.5 Å².